The molecule has 0 aliphatic heterocycles. The van der Waals surface area contributed by atoms with Crippen molar-refractivity contribution in [2.75, 3.05) is 0 Å². The first-order valence-electron chi connectivity index (χ1n) is 5.71. The molecule has 0 fully saturated rings. The van der Waals surface area contributed by atoms with Crippen LogP contribution >= 0.6 is 23.2 Å². The van der Waals surface area contributed by atoms with Gasteiger partial charge in [0.2, 0.25) is 0 Å². The molecule has 3 heteroatoms. The van der Waals surface area contributed by atoms with E-state index in [0.29, 0.717) is 17.0 Å². The van der Waals surface area contributed by atoms with Crippen molar-refractivity contribution in [2.45, 2.75) is 18.7 Å². The minimum Gasteiger partial charge on any atom is -0.207 e. The zero-order valence-electron chi connectivity index (χ0n) is 9.96. The summed E-state index contributed by atoms with van der Waals surface area (Å²) in [4.78, 5) is 0. The van der Waals surface area contributed by atoms with E-state index in [-0.39, 0.29) is 5.82 Å². The van der Waals surface area contributed by atoms with Gasteiger partial charge in [0.1, 0.15) is 5.82 Å². The number of halogens is 3. The molecule has 0 aliphatic carbocycles. The predicted molar refractivity (Wildman–Crippen MR) is 74.9 cm³/mol. The monoisotopic (exact) mass is 282 g/mol. The third-order valence-electron chi connectivity index (χ3n) is 2.96. The van der Waals surface area contributed by atoms with Crippen LogP contribution in [0, 0.1) is 12.7 Å². The third-order valence-corrected chi connectivity index (χ3v) is 3.58. The van der Waals surface area contributed by atoms with Crippen molar-refractivity contribution in [3.05, 3.63) is 70.0 Å². The Labute approximate surface area is 116 Å². The number of benzene rings is 2. The fourth-order valence-electron chi connectivity index (χ4n) is 1.90. The summed E-state index contributed by atoms with van der Waals surface area (Å²) in [7, 11) is 0. The van der Waals surface area contributed by atoms with Crippen LogP contribution in [-0.4, -0.2) is 0 Å². The Morgan fingerprint density at radius 3 is 2.61 bits per heavy atom. The quantitative estimate of drug-likeness (QED) is 0.669. The maximum atomic E-state index is 13.7. The molecule has 2 rings (SSSR count). The molecule has 1 atom stereocenters. The molecule has 0 radical (unpaired) electrons. The number of alkyl halides is 1. The van der Waals surface area contributed by atoms with Crippen molar-refractivity contribution in [3.8, 4) is 0 Å². The summed E-state index contributed by atoms with van der Waals surface area (Å²) in [5, 5.41) is 0.0895. The van der Waals surface area contributed by atoms with E-state index in [0.717, 1.165) is 11.1 Å². The van der Waals surface area contributed by atoms with Crippen LogP contribution in [0.25, 0.3) is 0 Å². The molecule has 2 aromatic rings. The Balaban J connectivity index is 2.25. The molecule has 94 valence electrons. The molecule has 0 aromatic heterocycles. The van der Waals surface area contributed by atoms with E-state index >= 15 is 0 Å². The minimum atomic E-state index is -0.412. The van der Waals surface area contributed by atoms with E-state index in [1.54, 1.807) is 6.07 Å². The van der Waals surface area contributed by atoms with Crippen molar-refractivity contribution < 1.29 is 4.39 Å². The van der Waals surface area contributed by atoms with E-state index < -0.39 is 5.38 Å². The van der Waals surface area contributed by atoms with Crippen molar-refractivity contribution >= 4 is 23.2 Å². The zero-order valence-corrected chi connectivity index (χ0v) is 11.5. The van der Waals surface area contributed by atoms with Gasteiger partial charge in [-0.2, -0.15) is 0 Å². The molecular formula is C15H13Cl2F. The first kappa shape index (κ1) is 13.4. The second-order valence-corrected chi connectivity index (χ2v) is 5.23. The molecule has 18 heavy (non-hydrogen) atoms. The van der Waals surface area contributed by atoms with Crippen LogP contribution in [0.4, 0.5) is 4.39 Å². The fourth-order valence-corrected chi connectivity index (χ4v) is 2.41. The molecule has 0 heterocycles. The summed E-state index contributed by atoms with van der Waals surface area (Å²) in [6.07, 6.45) is 0.589. The van der Waals surface area contributed by atoms with Crippen LogP contribution in [-0.2, 0) is 6.42 Å². The maximum Gasteiger partial charge on any atom is 0.128 e. The Kier molecular flexibility index (Phi) is 4.26. The van der Waals surface area contributed by atoms with Gasteiger partial charge in [0.05, 0.1) is 5.38 Å². The van der Waals surface area contributed by atoms with E-state index in [2.05, 4.69) is 0 Å². The first-order valence-corrected chi connectivity index (χ1v) is 6.53. The van der Waals surface area contributed by atoms with Gasteiger partial charge in [-0.05, 0) is 42.7 Å². The Hall–Kier alpha value is -1.05. The molecule has 2 aromatic carbocycles. The van der Waals surface area contributed by atoms with E-state index in [9.17, 15) is 4.39 Å². The van der Waals surface area contributed by atoms with Gasteiger partial charge in [-0.3, -0.25) is 0 Å². The topological polar surface area (TPSA) is 0 Å². The molecule has 0 nitrogen and oxygen atoms in total. The standard InChI is InChI=1S/C15H13Cl2F/c1-10-4-2-3-5-11(10)8-14(17)13-9-12(16)6-7-15(13)18/h2-7,9,14H,8H2,1H3. The lowest BCUT2D eigenvalue weighted by Gasteiger charge is -2.13. The molecule has 0 aliphatic rings. The number of hydrogen-bond acceptors (Lipinski definition) is 0. The predicted octanol–water partition coefficient (Wildman–Crippen LogP) is 5.31. The minimum absolute atomic E-state index is 0.312. The Bertz CT molecular complexity index is 552. The van der Waals surface area contributed by atoms with Crippen LogP contribution < -0.4 is 0 Å². The summed E-state index contributed by atoms with van der Waals surface area (Å²) in [5.74, 6) is -0.312. The van der Waals surface area contributed by atoms with Crippen molar-refractivity contribution in [3.63, 3.8) is 0 Å². The highest BCUT2D eigenvalue weighted by atomic mass is 35.5. The molecular weight excluding hydrogens is 270 g/mol. The van der Waals surface area contributed by atoms with Gasteiger partial charge < -0.3 is 0 Å². The number of rotatable bonds is 3. The first-order chi connectivity index (χ1) is 8.58. The van der Waals surface area contributed by atoms with E-state index in [1.165, 1.54) is 12.1 Å². The normalized spacial score (nSPS) is 12.4. The van der Waals surface area contributed by atoms with E-state index in [4.69, 9.17) is 23.2 Å². The SMILES string of the molecule is Cc1ccccc1CC(Cl)c1cc(Cl)ccc1F. The molecule has 0 saturated carbocycles. The molecule has 1 unspecified atom stereocenters. The van der Waals surface area contributed by atoms with Gasteiger partial charge in [-0.15, -0.1) is 11.6 Å². The number of hydrogen-bond donors (Lipinski definition) is 0. The molecule has 0 saturated heterocycles. The molecule has 0 spiro atoms. The van der Waals surface area contributed by atoms with Crippen LogP contribution in [0.1, 0.15) is 22.1 Å². The largest absolute Gasteiger partial charge is 0.207 e. The third kappa shape index (κ3) is 3.04. The molecule has 0 N–H and O–H groups in total. The highest BCUT2D eigenvalue weighted by molar-refractivity contribution is 6.30. The van der Waals surface area contributed by atoms with Crippen molar-refractivity contribution in [2.24, 2.45) is 0 Å². The van der Waals surface area contributed by atoms with Crippen molar-refractivity contribution in [1.29, 1.82) is 0 Å². The maximum absolute atomic E-state index is 13.7. The summed E-state index contributed by atoms with van der Waals surface area (Å²) >= 11 is 12.2. The lowest BCUT2D eigenvalue weighted by Crippen LogP contribution is -2.00. The highest BCUT2D eigenvalue weighted by Gasteiger charge is 2.15. The van der Waals surface area contributed by atoms with Crippen LogP contribution in [0.15, 0.2) is 42.5 Å². The van der Waals surface area contributed by atoms with Gasteiger partial charge in [0, 0.05) is 10.6 Å². The second kappa shape index (κ2) is 5.73. The summed E-state index contributed by atoms with van der Waals surface area (Å²) in [5.41, 5.74) is 2.73. The van der Waals surface area contributed by atoms with Gasteiger partial charge in [-0.1, -0.05) is 35.9 Å². The van der Waals surface area contributed by atoms with Crippen LogP contribution in [0.3, 0.4) is 0 Å². The summed E-state index contributed by atoms with van der Waals surface area (Å²) in [6, 6.07) is 12.4. The molecule has 0 bridgehead atoms. The lowest BCUT2D eigenvalue weighted by molar-refractivity contribution is 0.606. The average Bonchev–Trinajstić information content (AvgIpc) is 2.35. The Morgan fingerprint density at radius 1 is 1.17 bits per heavy atom. The Morgan fingerprint density at radius 2 is 1.89 bits per heavy atom. The fraction of sp³-hybridized carbons (Fsp3) is 0.200. The highest BCUT2D eigenvalue weighted by Crippen LogP contribution is 2.30. The number of aryl methyl sites for hydroxylation is 1. The van der Waals surface area contributed by atoms with Gasteiger partial charge >= 0.3 is 0 Å². The van der Waals surface area contributed by atoms with Crippen LogP contribution in [0.2, 0.25) is 5.02 Å². The van der Waals surface area contributed by atoms with Crippen molar-refractivity contribution in [1.82, 2.24) is 0 Å². The average molecular weight is 283 g/mol. The van der Waals surface area contributed by atoms with Gasteiger partial charge in [-0.25, -0.2) is 4.39 Å². The zero-order chi connectivity index (χ0) is 13.1. The molecule has 0 amide bonds. The summed E-state index contributed by atoms with van der Waals surface area (Å²) in [6.45, 7) is 2.02. The van der Waals surface area contributed by atoms with Crippen LogP contribution in [0.5, 0.6) is 0 Å². The summed E-state index contributed by atoms with van der Waals surface area (Å²) < 4.78 is 13.7. The second-order valence-electron chi connectivity index (χ2n) is 4.26. The van der Waals surface area contributed by atoms with Gasteiger partial charge in [0.15, 0.2) is 0 Å². The van der Waals surface area contributed by atoms with E-state index in [1.807, 2.05) is 31.2 Å². The smallest absolute Gasteiger partial charge is 0.128 e. The lowest BCUT2D eigenvalue weighted by atomic mass is 10.00. The van der Waals surface area contributed by atoms with Gasteiger partial charge in [0.25, 0.3) is 0 Å².